The van der Waals surface area contributed by atoms with Crippen LogP contribution in [0.25, 0.3) is 0 Å². The number of nitrogens with one attached hydrogen (secondary N) is 2. The summed E-state index contributed by atoms with van der Waals surface area (Å²) in [6, 6.07) is 4.21. The van der Waals surface area contributed by atoms with E-state index in [4.69, 9.17) is 0 Å². The lowest BCUT2D eigenvalue weighted by Gasteiger charge is -2.10. The Hall–Kier alpha value is -1.03. The summed E-state index contributed by atoms with van der Waals surface area (Å²) in [6.45, 7) is 1.90. The Morgan fingerprint density at radius 3 is 3.00 bits per heavy atom. The second-order valence-corrected chi connectivity index (χ2v) is 5.20. The Kier molecular flexibility index (Phi) is 4.22. The van der Waals surface area contributed by atoms with Gasteiger partial charge in [-0.2, -0.15) is 0 Å². The third-order valence-electron chi connectivity index (χ3n) is 2.78. The Bertz CT molecular complexity index is 328. The largest absolute Gasteiger partial charge is 0.356 e. The number of hydrogen-bond donors (Lipinski definition) is 2. The smallest absolute Gasteiger partial charge is 0.191 e. The Labute approximate surface area is 101 Å². The molecular formula is C12H19N3S. The molecule has 0 aromatic carbocycles. The van der Waals surface area contributed by atoms with E-state index in [2.05, 4.69) is 33.1 Å². The van der Waals surface area contributed by atoms with Gasteiger partial charge in [0.1, 0.15) is 0 Å². The van der Waals surface area contributed by atoms with Gasteiger partial charge in [-0.05, 0) is 23.8 Å². The highest BCUT2D eigenvalue weighted by molar-refractivity contribution is 7.09. The molecule has 0 saturated heterocycles. The molecule has 1 aromatic rings. The van der Waals surface area contributed by atoms with Crippen molar-refractivity contribution in [2.45, 2.75) is 25.8 Å². The van der Waals surface area contributed by atoms with Crippen molar-refractivity contribution in [3.05, 3.63) is 22.4 Å². The summed E-state index contributed by atoms with van der Waals surface area (Å²) in [5.74, 6) is 1.89. The minimum atomic E-state index is 0.862. The van der Waals surface area contributed by atoms with E-state index in [1.807, 2.05) is 7.05 Å². The van der Waals surface area contributed by atoms with E-state index in [0.29, 0.717) is 0 Å². The molecule has 1 aliphatic carbocycles. The maximum absolute atomic E-state index is 4.20. The molecule has 0 bridgehead atoms. The van der Waals surface area contributed by atoms with Crippen LogP contribution in [0.1, 0.15) is 24.1 Å². The van der Waals surface area contributed by atoms with Crippen molar-refractivity contribution in [2.24, 2.45) is 10.9 Å². The monoisotopic (exact) mass is 237 g/mol. The highest BCUT2D eigenvalue weighted by Gasteiger charge is 2.20. The van der Waals surface area contributed by atoms with Gasteiger partial charge in [0.2, 0.25) is 0 Å². The topological polar surface area (TPSA) is 36.4 Å². The fraction of sp³-hybridized carbons (Fsp3) is 0.583. The molecule has 0 unspecified atom stereocenters. The molecule has 88 valence electrons. The van der Waals surface area contributed by atoms with E-state index in [1.165, 1.54) is 24.1 Å². The number of guanidine groups is 1. The maximum Gasteiger partial charge on any atom is 0.191 e. The molecule has 1 aromatic heterocycles. The van der Waals surface area contributed by atoms with Crippen LogP contribution in [0.2, 0.25) is 0 Å². The van der Waals surface area contributed by atoms with Crippen molar-refractivity contribution in [3.8, 4) is 0 Å². The van der Waals surface area contributed by atoms with Crippen molar-refractivity contribution in [2.75, 3.05) is 13.6 Å². The quantitative estimate of drug-likeness (QED) is 0.608. The highest BCUT2D eigenvalue weighted by atomic mass is 32.1. The van der Waals surface area contributed by atoms with E-state index < -0.39 is 0 Å². The fourth-order valence-electron chi connectivity index (χ4n) is 1.61. The van der Waals surface area contributed by atoms with Gasteiger partial charge in [0, 0.05) is 18.5 Å². The van der Waals surface area contributed by atoms with Crippen molar-refractivity contribution in [1.82, 2.24) is 10.6 Å². The maximum atomic E-state index is 4.20. The highest BCUT2D eigenvalue weighted by Crippen LogP contribution is 2.31. The van der Waals surface area contributed by atoms with E-state index in [-0.39, 0.29) is 0 Å². The molecule has 2 N–H and O–H groups in total. The van der Waals surface area contributed by atoms with Crippen LogP contribution in [0.5, 0.6) is 0 Å². The molecule has 2 rings (SSSR count). The van der Waals surface area contributed by atoms with Crippen molar-refractivity contribution in [3.63, 3.8) is 0 Å². The summed E-state index contributed by atoms with van der Waals surface area (Å²) in [5.41, 5.74) is 0. The first-order valence-corrected chi connectivity index (χ1v) is 6.73. The second kappa shape index (κ2) is 5.89. The van der Waals surface area contributed by atoms with Gasteiger partial charge in [-0.1, -0.05) is 18.9 Å². The van der Waals surface area contributed by atoms with Crippen LogP contribution in [-0.4, -0.2) is 19.6 Å². The lowest BCUT2D eigenvalue weighted by molar-refractivity contribution is 0.685. The Morgan fingerprint density at radius 2 is 2.38 bits per heavy atom. The van der Waals surface area contributed by atoms with E-state index in [9.17, 15) is 0 Å². The third kappa shape index (κ3) is 3.85. The van der Waals surface area contributed by atoms with Crippen molar-refractivity contribution < 1.29 is 0 Å². The zero-order valence-corrected chi connectivity index (χ0v) is 10.5. The van der Waals surface area contributed by atoms with Crippen LogP contribution < -0.4 is 10.6 Å². The summed E-state index contributed by atoms with van der Waals surface area (Å²) in [5, 5.41) is 8.76. The SMILES string of the molecule is CN=C(NCCC1CC1)NCc1cccs1. The predicted molar refractivity (Wildman–Crippen MR) is 69.9 cm³/mol. The molecule has 0 spiro atoms. The number of aliphatic imine (C=N–C) groups is 1. The summed E-state index contributed by atoms with van der Waals surface area (Å²) in [4.78, 5) is 5.54. The predicted octanol–water partition coefficient (Wildman–Crippen LogP) is 2.21. The van der Waals surface area contributed by atoms with Gasteiger partial charge in [0.25, 0.3) is 0 Å². The fourth-order valence-corrected chi connectivity index (χ4v) is 2.25. The Balaban J connectivity index is 1.64. The number of thiophene rings is 1. The second-order valence-electron chi connectivity index (χ2n) is 4.16. The molecule has 0 amide bonds. The van der Waals surface area contributed by atoms with Crippen LogP contribution in [-0.2, 0) is 6.54 Å². The van der Waals surface area contributed by atoms with Gasteiger partial charge in [-0.3, -0.25) is 4.99 Å². The van der Waals surface area contributed by atoms with Gasteiger partial charge in [0.15, 0.2) is 5.96 Å². The molecular weight excluding hydrogens is 218 g/mol. The minimum Gasteiger partial charge on any atom is -0.356 e. The molecule has 16 heavy (non-hydrogen) atoms. The van der Waals surface area contributed by atoms with E-state index in [0.717, 1.165) is 25.0 Å². The van der Waals surface area contributed by atoms with Crippen LogP contribution in [0.15, 0.2) is 22.5 Å². The first kappa shape index (κ1) is 11.5. The van der Waals surface area contributed by atoms with Crippen molar-refractivity contribution in [1.29, 1.82) is 0 Å². The average molecular weight is 237 g/mol. The zero-order valence-electron chi connectivity index (χ0n) is 9.70. The van der Waals surface area contributed by atoms with Gasteiger partial charge in [-0.25, -0.2) is 0 Å². The number of rotatable bonds is 5. The van der Waals surface area contributed by atoms with Gasteiger partial charge in [0.05, 0.1) is 6.54 Å². The summed E-state index contributed by atoms with van der Waals surface area (Å²) in [7, 11) is 1.82. The summed E-state index contributed by atoms with van der Waals surface area (Å²) < 4.78 is 0. The molecule has 0 aliphatic heterocycles. The molecule has 1 saturated carbocycles. The standard InChI is InChI=1S/C12H19N3S/c1-13-12(14-7-6-10-4-5-10)15-9-11-3-2-8-16-11/h2-3,8,10H,4-7,9H2,1H3,(H2,13,14,15). The minimum absolute atomic E-state index is 0.862. The lowest BCUT2D eigenvalue weighted by Crippen LogP contribution is -2.37. The van der Waals surface area contributed by atoms with Gasteiger partial charge < -0.3 is 10.6 Å². The molecule has 3 nitrogen and oxygen atoms in total. The van der Waals surface area contributed by atoms with Gasteiger partial charge >= 0.3 is 0 Å². The number of nitrogens with zero attached hydrogens (tertiary/aromatic N) is 1. The van der Waals surface area contributed by atoms with E-state index in [1.54, 1.807) is 11.3 Å². The van der Waals surface area contributed by atoms with Crippen LogP contribution >= 0.6 is 11.3 Å². The van der Waals surface area contributed by atoms with Crippen molar-refractivity contribution >= 4 is 17.3 Å². The molecule has 4 heteroatoms. The summed E-state index contributed by atoms with van der Waals surface area (Å²) >= 11 is 1.77. The van der Waals surface area contributed by atoms with Gasteiger partial charge in [-0.15, -0.1) is 11.3 Å². The van der Waals surface area contributed by atoms with E-state index >= 15 is 0 Å². The normalized spacial score (nSPS) is 16.2. The third-order valence-corrected chi connectivity index (χ3v) is 3.65. The zero-order chi connectivity index (χ0) is 11.2. The van der Waals surface area contributed by atoms with Crippen LogP contribution in [0.4, 0.5) is 0 Å². The molecule has 0 radical (unpaired) electrons. The van der Waals surface area contributed by atoms with Crippen LogP contribution in [0.3, 0.4) is 0 Å². The molecule has 1 fully saturated rings. The average Bonchev–Trinajstić information content (AvgIpc) is 2.97. The molecule has 0 atom stereocenters. The lowest BCUT2D eigenvalue weighted by atomic mass is 10.3. The summed E-state index contributed by atoms with van der Waals surface area (Å²) in [6.07, 6.45) is 4.12. The molecule has 1 heterocycles. The Morgan fingerprint density at radius 1 is 1.50 bits per heavy atom. The first-order chi connectivity index (χ1) is 7.88. The number of hydrogen-bond acceptors (Lipinski definition) is 2. The molecule has 1 aliphatic rings. The van der Waals surface area contributed by atoms with Crippen LogP contribution in [0, 0.1) is 5.92 Å². The first-order valence-electron chi connectivity index (χ1n) is 5.85.